The van der Waals surface area contributed by atoms with Crippen molar-refractivity contribution in [3.8, 4) is 11.5 Å². The van der Waals surface area contributed by atoms with Gasteiger partial charge in [0.25, 0.3) is 0 Å². The van der Waals surface area contributed by atoms with Crippen LogP contribution in [0, 0.1) is 5.92 Å². The van der Waals surface area contributed by atoms with Crippen LogP contribution in [0.25, 0.3) is 0 Å². The minimum Gasteiger partial charge on any atom is -0.490 e. The number of para-hydroxylation sites is 1. The second-order valence-corrected chi connectivity index (χ2v) is 7.51. The number of ether oxygens (including phenoxy) is 2. The molecule has 0 bridgehead atoms. The first-order valence-corrected chi connectivity index (χ1v) is 9.67. The zero-order valence-electron chi connectivity index (χ0n) is 15.8. The summed E-state index contributed by atoms with van der Waals surface area (Å²) in [5.41, 5.74) is 1.21. The van der Waals surface area contributed by atoms with Gasteiger partial charge in [-0.25, -0.2) is 0 Å². The van der Waals surface area contributed by atoms with Crippen LogP contribution in [0.15, 0.2) is 18.2 Å². The van der Waals surface area contributed by atoms with Gasteiger partial charge < -0.3 is 24.6 Å². The predicted molar refractivity (Wildman–Crippen MR) is 101 cm³/mol. The molecule has 2 aliphatic rings. The molecule has 0 radical (unpaired) electrons. The second-order valence-electron chi connectivity index (χ2n) is 7.51. The van der Waals surface area contributed by atoms with Gasteiger partial charge in [0.15, 0.2) is 11.5 Å². The molecule has 2 aliphatic heterocycles. The summed E-state index contributed by atoms with van der Waals surface area (Å²) < 4.78 is 11.7. The highest BCUT2D eigenvalue weighted by Gasteiger charge is 2.19. The van der Waals surface area contributed by atoms with E-state index in [0.29, 0.717) is 0 Å². The third-order valence-corrected chi connectivity index (χ3v) is 5.17. The molecule has 0 amide bonds. The van der Waals surface area contributed by atoms with Crippen LogP contribution in [0.1, 0.15) is 24.8 Å². The molecule has 5 heteroatoms. The average Bonchev–Trinajstić information content (AvgIpc) is 2.87. The van der Waals surface area contributed by atoms with E-state index in [2.05, 4.69) is 41.3 Å². The van der Waals surface area contributed by atoms with E-state index in [4.69, 9.17) is 9.47 Å². The summed E-state index contributed by atoms with van der Waals surface area (Å²) in [6.07, 6.45) is 3.55. The van der Waals surface area contributed by atoms with Gasteiger partial charge in [0, 0.05) is 31.6 Å². The van der Waals surface area contributed by atoms with Crippen molar-refractivity contribution in [1.29, 1.82) is 0 Å². The lowest BCUT2D eigenvalue weighted by Gasteiger charge is -2.32. The fourth-order valence-corrected chi connectivity index (χ4v) is 3.56. The van der Waals surface area contributed by atoms with E-state index in [-0.39, 0.29) is 0 Å². The third-order valence-electron chi connectivity index (χ3n) is 5.17. The first-order chi connectivity index (χ1) is 12.2. The molecule has 5 nitrogen and oxygen atoms in total. The lowest BCUT2D eigenvalue weighted by atomic mass is 9.96. The highest BCUT2D eigenvalue weighted by molar-refractivity contribution is 5.47. The molecule has 0 aromatic heterocycles. The lowest BCUT2D eigenvalue weighted by molar-refractivity contribution is 0.169. The highest BCUT2D eigenvalue weighted by Crippen LogP contribution is 2.33. The molecule has 1 fully saturated rings. The normalized spacial score (nSPS) is 19.2. The monoisotopic (exact) mass is 347 g/mol. The van der Waals surface area contributed by atoms with E-state index >= 15 is 0 Å². The summed E-state index contributed by atoms with van der Waals surface area (Å²) in [7, 11) is 4.30. The van der Waals surface area contributed by atoms with E-state index < -0.39 is 0 Å². The van der Waals surface area contributed by atoms with Gasteiger partial charge in [-0.3, -0.25) is 0 Å². The molecule has 0 aliphatic carbocycles. The van der Waals surface area contributed by atoms with Crippen LogP contribution in [0.3, 0.4) is 0 Å². The number of benzene rings is 1. The van der Waals surface area contributed by atoms with Crippen LogP contribution >= 0.6 is 0 Å². The van der Waals surface area contributed by atoms with E-state index in [1.54, 1.807) is 0 Å². The number of nitrogens with zero attached hydrogens (tertiary/aromatic N) is 2. The Morgan fingerprint density at radius 2 is 1.96 bits per heavy atom. The minimum atomic E-state index is 0.745. The quantitative estimate of drug-likeness (QED) is 0.818. The molecule has 0 atom stereocenters. The number of hydrogen-bond donors (Lipinski definition) is 1. The Hall–Kier alpha value is -1.30. The summed E-state index contributed by atoms with van der Waals surface area (Å²) in [4.78, 5) is 4.86. The lowest BCUT2D eigenvalue weighted by Crippen LogP contribution is -2.40. The van der Waals surface area contributed by atoms with Crippen molar-refractivity contribution < 1.29 is 9.47 Å². The van der Waals surface area contributed by atoms with Gasteiger partial charge in [-0.15, -0.1) is 0 Å². The Kier molecular flexibility index (Phi) is 6.96. The number of likely N-dealkylation sites (N-methyl/N-ethyl adjacent to an activating group) is 1. The molecule has 1 aromatic rings. The molecule has 2 heterocycles. The van der Waals surface area contributed by atoms with Gasteiger partial charge in [0.1, 0.15) is 0 Å². The molecule has 3 rings (SSSR count). The maximum Gasteiger partial charge on any atom is 0.165 e. The Labute approximate surface area is 152 Å². The van der Waals surface area contributed by atoms with E-state index in [9.17, 15) is 0 Å². The van der Waals surface area contributed by atoms with Gasteiger partial charge in [0.05, 0.1) is 13.2 Å². The predicted octanol–water partition coefficient (Wildman–Crippen LogP) is 2.21. The van der Waals surface area contributed by atoms with Gasteiger partial charge in [-0.1, -0.05) is 12.1 Å². The number of rotatable bonds is 7. The zero-order chi connectivity index (χ0) is 17.5. The molecule has 1 saturated heterocycles. The Balaban J connectivity index is 1.41. The number of hydrogen-bond acceptors (Lipinski definition) is 5. The zero-order valence-corrected chi connectivity index (χ0v) is 15.8. The summed E-state index contributed by atoms with van der Waals surface area (Å²) in [6.45, 7) is 8.26. The topological polar surface area (TPSA) is 37.0 Å². The van der Waals surface area contributed by atoms with Crippen LogP contribution in [0.4, 0.5) is 0 Å². The van der Waals surface area contributed by atoms with Gasteiger partial charge >= 0.3 is 0 Å². The van der Waals surface area contributed by atoms with Crippen molar-refractivity contribution in [2.75, 3.05) is 60.0 Å². The van der Waals surface area contributed by atoms with Crippen LogP contribution in [-0.4, -0.2) is 69.8 Å². The Morgan fingerprint density at radius 1 is 1.16 bits per heavy atom. The smallest absolute Gasteiger partial charge is 0.165 e. The average molecular weight is 348 g/mol. The molecule has 1 aromatic carbocycles. The Bertz CT molecular complexity index is 528. The second kappa shape index (κ2) is 9.41. The summed E-state index contributed by atoms with van der Waals surface area (Å²) in [5, 5.41) is 3.64. The third kappa shape index (κ3) is 5.59. The first kappa shape index (κ1) is 18.5. The molecule has 0 spiro atoms. The van der Waals surface area contributed by atoms with Crippen molar-refractivity contribution in [2.45, 2.75) is 25.8 Å². The van der Waals surface area contributed by atoms with Gasteiger partial charge in [-0.05, 0) is 58.6 Å². The largest absolute Gasteiger partial charge is 0.490 e. The van der Waals surface area contributed by atoms with Crippen LogP contribution in [-0.2, 0) is 6.54 Å². The van der Waals surface area contributed by atoms with E-state index in [1.165, 1.54) is 38.0 Å². The van der Waals surface area contributed by atoms with Gasteiger partial charge in [-0.2, -0.15) is 0 Å². The molecule has 0 unspecified atom stereocenters. The van der Waals surface area contributed by atoms with Crippen molar-refractivity contribution in [2.24, 2.45) is 5.92 Å². The summed E-state index contributed by atoms with van der Waals surface area (Å²) in [6, 6.07) is 6.21. The van der Waals surface area contributed by atoms with E-state index in [1.807, 2.05) is 6.07 Å². The highest BCUT2D eigenvalue weighted by atomic mass is 16.5. The molecular formula is C20H33N3O2. The Morgan fingerprint density at radius 3 is 2.76 bits per heavy atom. The van der Waals surface area contributed by atoms with Crippen molar-refractivity contribution >= 4 is 0 Å². The molecule has 25 heavy (non-hydrogen) atoms. The number of piperidine rings is 1. The van der Waals surface area contributed by atoms with E-state index in [0.717, 1.165) is 56.7 Å². The van der Waals surface area contributed by atoms with Crippen molar-refractivity contribution in [1.82, 2.24) is 15.1 Å². The first-order valence-electron chi connectivity index (χ1n) is 9.67. The van der Waals surface area contributed by atoms with Crippen LogP contribution in [0.2, 0.25) is 0 Å². The maximum absolute atomic E-state index is 5.91. The minimum absolute atomic E-state index is 0.745. The molecule has 0 saturated carbocycles. The number of fused-ring (bicyclic) bond motifs is 1. The van der Waals surface area contributed by atoms with Crippen LogP contribution in [0.5, 0.6) is 11.5 Å². The molecule has 1 N–H and O–H groups in total. The van der Waals surface area contributed by atoms with Crippen molar-refractivity contribution in [3.63, 3.8) is 0 Å². The van der Waals surface area contributed by atoms with Crippen molar-refractivity contribution in [3.05, 3.63) is 23.8 Å². The fraction of sp³-hybridized carbons (Fsp3) is 0.700. The fourth-order valence-electron chi connectivity index (χ4n) is 3.56. The standard InChI is InChI=1S/C20H33N3O2/c1-22(2)11-12-23-9-7-17(8-10-23)15-21-16-18-5-3-6-19-20(18)25-14-4-13-24-19/h3,5-6,17,21H,4,7-16H2,1-2H3. The molecular weight excluding hydrogens is 314 g/mol. The number of nitrogens with one attached hydrogen (secondary N) is 1. The maximum atomic E-state index is 5.91. The summed E-state index contributed by atoms with van der Waals surface area (Å²) in [5.74, 6) is 2.62. The summed E-state index contributed by atoms with van der Waals surface area (Å²) >= 11 is 0. The van der Waals surface area contributed by atoms with Gasteiger partial charge in [0.2, 0.25) is 0 Å². The van der Waals surface area contributed by atoms with Crippen LogP contribution < -0.4 is 14.8 Å². The SMILES string of the molecule is CN(C)CCN1CCC(CNCc2cccc3c2OCCCO3)CC1. The number of likely N-dealkylation sites (tertiary alicyclic amines) is 1. The molecule has 140 valence electrons.